The molecule has 1 amide bonds. The summed E-state index contributed by atoms with van der Waals surface area (Å²) >= 11 is 0. The molecule has 0 fully saturated rings. The number of hydrogen-bond donors (Lipinski definition) is 2. The minimum atomic E-state index is -3.47. The molecule has 0 bridgehead atoms. The molecule has 0 aliphatic carbocycles. The Labute approximate surface area is 146 Å². The lowest BCUT2D eigenvalue weighted by Crippen LogP contribution is -2.23. The summed E-state index contributed by atoms with van der Waals surface area (Å²) in [6, 6.07) is 12.6. The van der Waals surface area contributed by atoms with E-state index in [9.17, 15) is 17.6 Å². The van der Waals surface area contributed by atoms with Gasteiger partial charge < -0.3 is 5.32 Å². The van der Waals surface area contributed by atoms with Gasteiger partial charge in [0.1, 0.15) is 5.82 Å². The fraction of sp³-hybridized carbons (Fsp3) is 0.167. The maximum atomic E-state index is 13.5. The third-order valence-electron chi connectivity index (χ3n) is 3.54. The average molecular weight is 362 g/mol. The molecule has 0 unspecified atom stereocenters. The van der Waals surface area contributed by atoms with Crippen LogP contribution in [0.3, 0.4) is 0 Å². The molecule has 0 aliphatic rings. The van der Waals surface area contributed by atoms with Crippen LogP contribution in [0, 0.1) is 5.82 Å². The smallest absolute Gasteiger partial charge is 0.244 e. The number of halogens is 1. The van der Waals surface area contributed by atoms with E-state index >= 15 is 0 Å². The molecule has 132 valence electrons. The number of amides is 1. The van der Waals surface area contributed by atoms with Crippen LogP contribution in [0.1, 0.15) is 11.1 Å². The molecule has 0 saturated carbocycles. The Bertz CT molecular complexity index is 862. The van der Waals surface area contributed by atoms with Gasteiger partial charge in [-0.3, -0.25) is 4.79 Å². The number of nitrogens with one attached hydrogen (secondary N) is 2. The van der Waals surface area contributed by atoms with Crippen molar-refractivity contribution in [1.29, 1.82) is 0 Å². The minimum absolute atomic E-state index is 0.154. The first-order valence-electron chi connectivity index (χ1n) is 7.65. The van der Waals surface area contributed by atoms with Gasteiger partial charge in [0.15, 0.2) is 0 Å². The molecule has 7 heteroatoms. The maximum absolute atomic E-state index is 13.5. The summed E-state index contributed by atoms with van der Waals surface area (Å²) in [7, 11) is -2.13. The quantitative estimate of drug-likeness (QED) is 0.741. The zero-order valence-electron chi connectivity index (χ0n) is 13.7. The Morgan fingerprint density at radius 1 is 1.12 bits per heavy atom. The standard InChI is InChI=1S/C18H19FN2O3S/c1-20-25(23,24)16-9-6-14(7-10-16)8-11-18(22)21-13-12-15-4-2-3-5-17(15)19/h2-11,20H,12-13H2,1H3,(H,21,22)/b11-8+. The monoisotopic (exact) mass is 362 g/mol. The molecular formula is C18H19FN2O3S. The topological polar surface area (TPSA) is 75.3 Å². The Kier molecular flexibility index (Phi) is 6.44. The summed E-state index contributed by atoms with van der Waals surface area (Å²) in [5.41, 5.74) is 1.24. The van der Waals surface area contributed by atoms with Gasteiger partial charge >= 0.3 is 0 Å². The maximum Gasteiger partial charge on any atom is 0.244 e. The lowest BCUT2D eigenvalue weighted by Gasteiger charge is -2.04. The van der Waals surface area contributed by atoms with E-state index in [1.165, 1.54) is 31.3 Å². The lowest BCUT2D eigenvalue weighted by atomic mass is 10.1. The van der Waals surface area contributed by atoms with Crippen LogP contribution in [-0.2, 0) is 21.2 Å². The molecule has 2 rings (SSSR count). The Morgan fingerprint density at radius 3 is 2.44 bits per heavy atom. The first kappa shape index (κ1) is 18.8. The highest BCUT2D eigenvalue weighted by atomic mass is 32.2. The Hall–Kier alpha value is -2.51. The zero-order valence-corrected chi connectivity index (χ0v) is 14.5. The van der Waals surface area contributed by atoms with Crippen molar-refractivity contribution in [3.05, 3.63) is 71.6 Å². The minimum Gasteiger partial charge on any atom is -0.352 e. The number of benzene rings is 2. The molecule has 0 spiro atoms. The SMILES string of the molecule is CNS(=O)(=O)c1ccc(/C=C/C(=O)NCCc2ccccc2F)cc1. The second-order valence-electron chi connectivity index (χ2n) is 5.24. The van der Waals surface area contributed by atoms with E-state index in [0.29, 0.717) is 24.1 Å². The van der Waals surface area contributed by atoms with Crippen molar-refractivity contribution in [2.75, 3.05) is 13.6 Å². The molecule has 0 aliphatic heterocycles. The number of carbonyl (C=O) groups is 1. The number of carbonyl (C=O) groups excluding carboxylic acids is 1. The summed E-state index contributed by atoms with van der Waals surface area (Å²) in [6.45, 7) is 0.323. The molecule has 5 nitrogen and oxygen atoms in total. The van der Waals surface area contributed by atoms with Crippen molar-refractivity contribution < 1.29 is 17.6 Å². The molecule has 2 aromatic rings. The van der Waals surface area contributed by atoms with Crippen molar-refractivity contribution in [3.8, 4) is 0 Å². The fourth-order valence-electron chi connectivity index (χ4n) is 2.13. The van der Waals surface area contributed by atoms with E-state index in [1.54, 1.807) is 36.4 Å². The van der Waals surface area contributed by atoms with Gasteiger partial charge in [-0.2, -0.15) is 0 Å². The summed E-state index contributed by atoms with van der Waals surface area (Å²) < 4.78 is 38.9. The van der Waals surface area contributed by atoms with Crippen LogP contribution in [0.2, 0.25) is 0 Å². The van der Waals surface area contributed by atoms with E-state index in [4.69, 9.17) is 0 Å². The van der Waals surface area contributed by atoms with Gasteiger partial charge in [0.2, 0.25) is 15.9 Å². The van der Waals surface area contributed by atoms with Crippen LogP contribution in [0.25, 0.3) is 6.08 Å². The van der Waals surface area contributed by atoms with Crippen molar-refractivity contribution in [2.24, 2.45) is 0 Å². The predicted molar refractivity (Wildman–Crippen MR) is 94.8 cm³/mol. The second-order valence-corrected chi connectivity index (χ2v) is 7.13. The highest BCUT2D eigenvalue weighted by Gasteiger charge is 2.09. The van der Waals surface area contributed by atoms with Crippen LogP contribution in [0.5, 0.6) is 0 Å². The first-order valence-corrected chi connectivity index (χ1v) is 9.13. The van der Waals surface area contributed by atoms with E-state index in [0.717, 1.165) is 0 Å². The molecule has 0 aromatic heterocycles. The van der Waals surface area contributed by atoms with Gasteiger partial charge in [-0.25, -0.2) is 17.5 Å². The first-order chi connectivity index (χ1) is 11.9. The lowest BCUT2D eigenvalue weighted by molar-refractivity contribution is -0.116. The van der Waals surface area contributed by atoms with Crippen LogP contribution in [-0.4, -0.2) is 27.9 Å². The predicted octanol–water partition coefficient (Wildman–Crippen LogP) is 2.11. The molecule has 0 atom stereocenters. The van der Waals surface area contributed by atoms with E-state index in [2.05, 4.69) is 10.0 Å². The number of sulfonamides is 1. The largest absolute Gasteiger partial charge is 0.352 e. The average Bonchev–Trinajstić information content (AvgIpc) is 2.62. The summed E-state index contributed by atoms with van der Waals surface area (Å²) in [6.07, 6.45) is 3.33. The number of rotatable bonds is 7. The van der Waals surface area contributed by atoms with Crippen LogP contribution in [0.4, 0.5) is 4.39 Å². The van der Waals surface area contributed by atoms with Crippen molar-refractivity contribution in [2.45, 2.75) is 11.3 Å². The van der Waals surface area contributed by atoms with Crippen molar-refractivity contribution >= 4 is 22.0 Å². The van der Waals surface area contributed by atoms with Crippen LogP contribution < -0.4 is 10.0 Å². The molecule has 2 aromatic carbocycles. The van der Waals surface area contributed by atoms with Gasteiger partial charge in [-0.05, 0) is 48.9 Å². The van der Waals surface area contributed by atoms with E-state index in [-0.39, 0.29) is 16.6 Å². The molecule has 2 N–H and O–H groups in total. The molecule has 25 heavy (non-hydrogen) atoms. The second kappa shape index (κ2) is 8.55. The third kappa shape index (κ3) is 5.51. The van der Waals surface area contributed by atoms with Gasteiger partial charge in [0.05, 0.1) is 4.90 Å². The summed E-state index contributed by atoms with van der Waals surface area (Å²) in [5.74, 6) is -0.591. The number of hydrogen-bond acceptors (Lipinski definition) is 3. The Morgan fingerprint density at radius 2 is 1.80 bits per heavy atom. The van der Waals surface area contributed by atoms with Crippen LogP contribution >= 0.6 is 0 Å². The zero-order chi connectivity index (χ0) is 18.3. The van der Waals surface area contributed by atoms with E-state index in [1.807, 2.05) is 0 Å². The Balaban J connectivity index is 1.87. The fourth-order valence-corrected chi connectivity index (χ4v) is 2.86. The molecule has 0 radical (unpaired) electrons. The van der Waals surface area contributed by atoms with Crippen molar-refractivity contribution in [1.82, 2.24) is 10.0 Å². The van der Waals surface area contributed by atoms with Gasteiger partial charge in [0.25, 0.3) is 0 Å². The van der Waals surface area contributed by atoms with Gasteiger partial charge in [0, 0.05) is 12.6 Å². The highest BCUT2D eigenvalue weighted by Crippen LogP contribution is 2.11. The molecule has 0 heterocycles. The van der Waals surface area contributed by atoms with Gasteiger partial charge in [-0.1, -0.05) is 30.3 Å². The highest BCUT2D eigenvalue weighted by molar-refractivity contribution is 7.89. The normalized spacial score (nSPS) is 11.6. The third-order valence-corrected chi connectivity index (χ3v) is 4.97. The van der Waals surface area contributed by atoms with Gasteiger partial charge in [-0.15, -0.1) is 0 Å². The van der Waals surface area contributed by atoms with Crippen LogP contribution in [0.15, 0.2) is 59.5 Å². The summed E-state index contributed by atoms with van der Waals surface area (Å²) in [5, 5.41) is 2.68. The van der Waals surface area contributed by atoms with E-state index < -0.39 is 10.0 Å². The molecule has 0 saturated heterocycles. The molecular weight excluding hydrogens is 343 g/mol. The van der Waals surface area contributed by atoms with Crippen molar-refractivity contribution in [3.63, 3.8) is 0 Å². The summed E-state index contributed by atoms with van der Waals surface area (Å²) in [4.78, 5) is 11.9.